The highest BCUT2D eigenvalue weighted by Gasteiger charge is 2.21. The zero-order valence-corrected chi connectivity index (χ0v) is 15.2. The Hall–Kier alpha value is -1.86. The molecule has 7 heteroatoms. The van der Waals surface area contributed by atoms with Gasteiger partial charge in [0.1, 0.15) is 5.82 Å². The molecule has 0 amide bonds. The fraction of sp³-hybridized carbons (Fsp3) is 0.611. The zero-order valence-electron chi connectivity index (χ0n) is 15.2. The van der Waals surface area contributed by atoms with Crippen molar-refractivity contribution >= 4 is 11.6 Å². The van der Waals surface area contributed by atoms with Crippen molar-refractivity contribution in [2.45, 2.75) is 6.42 Å². The molecule has 6 nitrogen and oxygen atoms in total. The maximum atomic E-state index is 13.9. The van der Waals surface area contributed by atoms with Crippen molar-refractivity contribution in [3.63, 3.8) is 0 Å². The van der Waals surface area contributed by atoms with Crippen molar-refractivity contribution in [3.05, 3.63) is 30.1 Å². The van der Waals surface area contributed by atoms with Gasteiger partial charge in [0.15, 0.2) is 5.96 Å². The highest BCUT2D eigenvalue weighted by atomic mass is 19.1. The van der Waals surface area contributed by atoms with Crippen molar-refractivity contribution in [1.82, 2.24) is 10.2 Å². The summed E-state index contributed by atoms with van der Waals surface area (Å²) in [6.07, 6.45) is 0.915. The summed E-state index contributed by atoms with van der Waals surface area (Å²) in [6, 6.07) is 6.94. The molecule has 1 aliphatic rings. The molecule has 1 aromatic rings. The fourth-order valence-electron chi connectivity index (χ4n) is 2.82. The van der Waals surface area contributed by atoms with Gasteiger partial charge in [-0.1, -0.05) is 12.1 Å². The first kappa shape index (κ1) is 19.5. The average molecular weight is 352 g/mol. The maximum absolute atomic E-state index is 13.9. The van der Waals surface area contributed by atoms with Gasteiger partial charge >= 0.3 is 0 Å². The summed E-state index contributed by atoms with van der Waals surface area (Å²) in [5.74, 6) is 0.733. The lowest BCUT2D eigenvalue weighted by atomic mass is 10.2. The Balaban J connectivity index is 1.70. The van der Waals surface area contributed by atoms with Gasteiger partial charge in [-0.05, 0) is 18.6 Å². The number of aliphatic imine (C=N–C) groups is 1. The monoisotopic (exact) mass is 352 g/mol. The van der Waals surface area contributed by atoms with E-state index in [1.165, 1.54) is 6.07 Å². The molecular formula is C18H29FN4O2. The van der Waals surface area contributed by atoms with Gasteiger partial charge < -0.3 is 24.6 Å². The Bertz CT molecular complexity index is 534. The quantitative estimate of drug-likeness (QED) is 0.437. The molecule has 0 radical (unpaired) electrons. The van der Waals surface area contributed by atoms with E-state index in [2.05, 4.69) is 20.1 Å². The van der Waals surface area contributed by atoms with E-state index in [9.17, 15) is 4.39 Å². The predicted molar refractivity (Wildman–Crippen MR) is 98.9 cm³/mol. The number of anilines is 1. The number of para-hydroxylation sites is 1. The third-order valence-corrected chi connectivity index (χ3v) is 4.16. The first-order valence-corrected chi connectivity index (χ1v) is 8.78. The van der Waals surface area contributed by atoms with Gasteiger partial charge in [-0.3, -0.25) is 4.99 Å². The molecule has 1 aliphatic heterocycles. The molecule has 1 saturated heterocycles. The number of ether oxygens (including phenoxy) is 2. The summed E-state index contributed by atoms with van der Waals surface area (Å²) in [5.41, 5.74) is 0.679. The number of rotatable bonds is 8. The van der Waals surface area contributed by atoms with Crippen LogP contribution in [0.4, 0.5) is 10.1 Å². The first-order chi connectivity index (χ1) is 12.3. The minimum absolute atomic E-state index is 0.160. The number of methoxy groups -OCH3 is 1. The molecule has 0 aliphatic carbocycles. The van der Waals surface area contributed by atoms with Gasteiger partial charge in [-0.15, -0.1) is 0 Å². The number of nitrogens with one attached hydrogen (secondary N) is 1. The van der Waals surface area contributed by atoms with Gasteiger partial charge in [-0.25, -0.2) is 4.39 Å². The molecule has 0 spiro atoms. The van der Waals surface area contributed by atoms with Crippen LogP contribution < -0.4 is 10.2 Å². The molecule has 2 rings (SSSR count). The first-order valence-electron chi connectivity index (χ1n) is 8.78. The summed E-state index contributed by atoms with van der Waals surface area (Å²) < 4.78 is 24.3. The number of hydrogen-bond acceptors (Lipinski definition) is 4. The Morgan fingerprint density at radius 2 is 1.92 bits per heavy atom. The van der Waals surface area contributed by atoms with Crippen LogP contribution in [0, 0.1) is 5.82 Å². The van der Waals surface area contributed by atoms with Crippen molar-refractivity contribution in [3.8, 4) is 0 Å². The number of guanidine groups is 1. The second-order valence-corrected chi connectivity index (χ2v) is 5.86. The lowest BCUT2D eigenvalue weighted by Crippen LogP contribution is -2.52. The number of benzene rings is 1. The average Bonchev–Trinajstić information content (AvgIpc) is 2.65. The van der Waals surface area contributed by atoms with Gasteiger partial charge in [0.05, 0.1) is 18.9 Å². The van der Waals surface area contributed by atoms with E-state index in [0.717, 1.165) is 45.1 Å². The molecule has 0 aromatic heterocycles. The molecule has 1 N–H and O–H groups in total. The van der Waals surface area contributed by atoms with Crippen LogP contribution in [0.1, 0.15) is 6.42 Å². The zero-order chi connectivity index (χ0) is 17.9. The smallest absolute Gasteiger partial charge is 0.193 e. The summed E-state index contributed by atoms with van der Waals surface area (Å²) in [5, 5.41) is 3.37. The number of piperazine rings is 1. The molecule has 0 atom stereocenters. The van der Waals surface area contributed by atoms with E-state index in [1.807, 2.05) is 12.1 Å². The number of nitrogens with zero attached hydrogens (tertiary/aromatic N) is 3. The Kier molecular flexibility index (Phi) is 8.48. The molecule has 1 aromatic carbocycles. The van der Waals surface area contributed by atoms with Crippen LogP contribution in [-0.2, 0) is 9.47 Å². The van der Waals surface area contributed by atoms with Crippen LogP contribution in [0.15, 0.2) is 29.3 Å². The third kappa shape index (κ3) is 6.17. The Labute approximate surface area is 149 Å². The Morgan fingerprint density at radius 3 is 2.60 bits per heavy atom. The van der Waals surface area contributed by atoms with E-state index < -0.39 is 0 Å². The SMILES string of the molecule is CN=C(NCCCOCCOC)N1CCN(c2ccccc2F)CC1. The fourth-order valence-corrected chi connectivity index (χ4v) is 2.82. The summed E-state index contributed by atoms with van der Waals surface area (Å²) in [7, 11) is 3.46. The molecule has 0 saturated carbocycles. The van der Waals surface area contributed by atoms with Crippen LogP contribution in [0.25, 0.3) is 0 Å². The van der Waals surface area contributed by atoms with Crippen molar-refractivity contribution in [1.29, 1.82) is 0 Å². The second kappa shape index (κ2) is 10.9. The van der Waals surface area contributed by atoms with Gasteiger partial charge in [0, 0.05) is 53.5 Å². The largest absolute Gasteiger partial charge is 0.382 e. The number of hydrogen-bond donors (Lipinski definition) is 1. The highest BCUT2D eigenvalue weighted by molar-refractivity contribution is 5.80. The van der Waals surface area contributed by atoms with Crippen LogP contribution in [0.2, 0.25) is 0 Å². The second-order valence-electron chi connectivity index (χ2n) is 5.86. The highest BCUT2D eigenvalue weighted by Crippen LogP contribution is 2.20. The van der Waals surface area contributed by atoms with Crippen LogP contribution in [0.5, 0.6) is 0 Å². The lowest BCUT2D eigenvalue weighted by molar-refractivity contribution is 0.0698. The molecule has 140 valence electrons. The normalized spacial score (nSPS) is 15.6. The van der Waals surface area contributed by atoms with E-state index in [1.54, 1.807) is 20.2 Å². The van der Waals surface area contributed by atoms with E-state index >= 15 is 0 Å². The van der Waals surface area contributed by atoms with Gasteiger partial charge in [0.25, 0.3) is 0 Å². The van der Waals surface area contributed by atoms with Gasteiger partial charge in [-0.2, -0.15) is 0 Å². The summed E-state index contributed by atoms with van der Waals surface area (Å²) in [6.45, 7) is 5.96. The maximum Gasteiger partial charge on any atom is 0.193 e. The predicted octanol–water partition coefficient (Wildman–Crippen LogP) is 1.58. The minimum atomic E-state index is -0.160. The summed E-state index contributed by atoms with van der Waals surface area (Å²) in [4.78, 5) is 8.65. The van der Waals surface area contributed by atoms with Crippen LogP contribution in [0.3, 0.4) is 0 Å². The molecule has 1 fully saturated rings. The third-order valence-electron chi connectivity index (χ3n) is 4.16. The Morgan fingerprint density at radius 1 is 1.16 bits per heavy atom. The van der Waals surface area contributed by atoms with Crippen LogP contribution in [-0.4, -0.2) is 77.6 Å². The van der Waals surface area contributed by atoms with E-state index in [4.69, 9.17) is 9.47 Å². The topological polar surface area (TPSA) is 49.3 Å². The van der Waals surface area contributed by atoms with Crippen molar-refractivity contribution in [2.75, 3.05) is 71.6 Å². The molecule has 1 heterocycles. The minimum Gasteiger partial charge on any atom is -0.382 e. The van der Waals surface area contributed by atoms with Gasteiger partial charge in [0.2, 0.25) is 0 Å². The lowest BCUT2D eigenvalue weighted by Gasteiger charge is -2.37. The van der Waals surface area contributed by atoms with E-state index in [-0.39, 0.29) is 5.82 Å². The van der Waals surface area contributed by atoms with Crippen LogP contribution >= 0.6 is 0 Å². The van der Waals surface area contributed by atoms with Crippen molar-refractivity contribution in [2.24, 2.45) is 4.99 Å². The molecule has 0 unspecified atom stereocenters. The molecular weight excluding hydrogens is 323 g/mol. The number of halogens is 1. The standard InChI is InChI=1S/C18H29FN4O2/c1-20-18(21-8-5-13-25-15-14-24-2)23-11-9-22(10-12-23)17-7-4-3-6-16(17)19/h3-4,6-7H,5,8-15H2,1-2H3,(H,20,21). The summed E-state index contributed by atoms with van der Waals surface area (Å²) >= 11 is 0. The molecule has 0 bridgehead atoms. The van der Waals surface area contributed by atoms with Crippen molar-refractivity contribution < 1.29 is 13.9 Å². The molecule has 25 heavy (non-hydrogen) atoms. The van der Waals surface area contributed by atoms with E-state index in [0.29, 0.717) is 25.5 Å².